The Bertz CT molecular complexity index is 1380. The lowest BCUT2D eigenvalue weighted by molar-refractivity contribution is 0.0314. The summed E-state index contributed by atoms with van der Waals surface area (Å²) in [7, 11) is 0. The summed E-state index contributed by atoms with van der Waals surface area (Å²) in [5, 5.41) is 0.790. The fourth-order valence-electron chi connectivity index (χ4n) is 5.26. The number of hydrogen-bond donors (Lipinski definition) is 0. The third kappa shape index (κ3) is 5.78. The standard InChI is InChI=1S/C30H35ClN2O6/c1-3-5-6-15-38-24-9-7-20(18-25(24)37-4-2)27-26-28(34)22-19-21(31)8-10-23(22)39-29(26)30(35)33(27)12-11-32-13-16-36-17-14-32/h7-10,18-19,27H,3-6,11-17H2,1-2H3. The molecular weight excluding hydrogens is 520 g/mol. The minimum absolute atomic E-state index is 0.0830. The minimum atomic E-state index is -0.624. The summed E-state index contributed by atoms with van der Waals surface area (Å²) < 4.78 is 23.5. The lowest BCUT2D eigenvalue weighted by Crippen LogP contribution is -2.42. The van der Waals surface area contributed by atoms with Crippen molar-refractivity contribution in [2.45, 2.75) is 39.2 Å². The lowest BCUT2D eigenvalue weighted by atomic mass is 9.98. The number of nitrogens with zero attached hydrogens (tertiary/aromatic N) is 2. The Labute approximate surface area is 233 Å². The molecule has 0 spiro atoms. The first-order valence-electron chi connectivity index (χ1n) is 13.8. The molecule has 2 aromatic carbocycles. The molecule has 1 unspecified atom stereocenters. The number of morpholine rings is 1. The fraction of sp³-hybridized carbons (Fsp3) is 0.467. The number of amides is 1. The van der Waals surface area contributed by atoms with E-state index >= 15 is 0 Å². The second-order valence-electron chi connectivity index (χ2n) is 9.86. The van der Waals surface area contributed by atoms with Crippen LogP contribution in [0.25, 0.3) is 11.0 Å². The molecule has 0 bridgehead atoms. The fourth-order valence-corrected chi connectivity index (χ4v) is 5.43. The SMILES string of the molecule is CCCCCOc1ccc(C2c3c(oc4ccc(Cl)cc4c3=O)C(=O)N2CCN2CCOCC2)cc1OCC. The molecule has 0 aliphatic carbocycles. The van der Waals surface area contributed by atoms with E-state index in [1.807, 2.05) is 25.1 Å². The van der Waals surface area contributed by atoms with E-state index in [0.29, 0.717) is 72.6 Å². The van der Waals surface area contributed by atoms with E-state index in [1.54, 1.807) is 23.1 Å². The molecule has 1 aromatic heterocycles. The monoisotopic (exact) mass is 554 g/mol. The van der Waals surface area contributed by atoms with Crippen LogP contribution < -0.4 is 14.9 Å². The molecule has 5 rings (SSSR count). The molecule has 3 heterocycles. The van der Waals surface area contributed by atoms with Crippen LogP contribution >= 0.6 is 11.6 Å². The summed E-state index contributed by atoms with van der Waals surface area (Å²) in [6.07, 6.45) is 3.16. The van der Waals surface area contributed by atoms with Crippen LogP contribution in [-0.2, 0) is 4.74 Å². The number of hydrogen-bond acceptors (Lipinski definition) is 7. The molecule has 1 atom stereocenters. The van der Waals surface area contributed by atoms with Crippen LogP contribution in [0.1, 0.15) is 60.8 Å². The van der Waals surface area contributed by atoms with Crippen molar-refractivity contribution in [3.63, 3.8) is 0 Å². The Morgan fingerprint density at radius 3 is 2.56 bits per heavy atom. The van der Waals surface area contributed by atoms with Crippen molar-refractivity contribution in [3.05, 3.63) is 68.5 Å². The second-order valence-corrected chi connectivity index (χ2v) is 10.3. The Hall–Kier alpha value is -3.07. The molecule has 1 fully saturated rings. The number of halogens is 1. The van der Waals surface area contributed by atoms with Crippen molar-refractivity contribution >= 4 is 28.5 Å². The molecule has 2 aliphatic heterocycles. The molecule has 3 aromatic rings. The van der Waals surface area contributed by atoms with Gasteiger partial charge in [0.25, 0.3) is 5.91 Å². The van der Waals surface area contributed by atoms with Crippen molar-refractivity contribution in [1.82, 2.24) is 9.80 Å². The first-order valence-corrected chi connectivity index (χ1v) is 14.2. The molecule has 0 radical (unpaired) electrons. The Morgan fingerprint density at radius 1 is 0.974 bits per heavy atom. The first kappa shape index (κ1) is 27.5. The van der Waals surface area contributed by atoms with Crippen LogP contribution in [0.2, 0.25) is 5.02 Å². The van der Waals surface area contributed by atoms with Crippen molar-refractivity contribution in [1.29, 1.82) is 0 Å². The molecular formula is C30H35ClN2O6. The molecule has 0 N–H and O–H groups in total. The predicted octanol–water partition coefficient (Wildman–Crippen LogP) is 5.29. The Balaban J connectivity index is 1.55. The lowest BCUT2D eigenvalue weighted by Gasteiger charge is -2.31. The van der Waals surface area contributed by atoms with Gasteiger partial charge in [0.15, 0.2) is 16.9 Å². The highest BCUT2D eigenvalue weighted by molar-refractivity contribution is 6.31. The Morgan fingerprint density at radius 2 is 1.79 bits per heavy atom. The maximum Gasteiger partial charge on any atom is 0.290 e. The average molecular weight is 555 g/mol. The maximum atomic E-state index is 13.9. The summed E-state index contributed by atoms with van der Waals surface area (Å²) in [6, 6.07) is 9.93. The van der Waals surface area contributed by atoms with Gasteiger partial charge in [-0.15, -0.1) is 0 Å². The molecule has 1 amide bonds. The summed E-state index contributed by atoms with van der Waals surface area (Å²) in [5.74, 6) is 1.03. The molecule has 208 valence electrons. The summed E-state index contributed by atoms with van der Waals surface area (Å²) in [6.45, 7) is 9.17. The summed E-state index contributed by atoms with van der Waals surface area (Å²) in [5.41, 5.74) is 1.19. The quantitative estimate of drug-likeness (QED) is 0.298. The normalized spacial score (nSPS) is 17.6. The van der Waals surface area contributed by atoms with E-state index in [0.717, 1.165) is 37.9 Å². The topological polar surface area (TPSA) is 81.5 Å². The molecule has 39 heavy (non-hydrogen) atoms. The van der Waals surface area contributed by atoms with E-state index in [-0.39, 0.29) is 17.1 Å². The maximum absolute atomic E-state index is 13.9. The predicted molar refractivity (Wildman–Crippen MR) is 150 cm³/mol. The largest absolute Gasteiger partial charge is 0.490 e. The van der Waals surface area contributed by atoms with Gasteiger partial charge < -0.3 is 23.5 Å². The van der Waals surface area contributed by atoms with Gasteiger partial charge >= 0.3 is 0 Å². The van der Waals surface area contributed by atoms with Crippen LogP contribution in [0.15, 0.2) is 45.6 Å². The minimum Gasteiger partial charge on any atom is -0.490 e. The van der Waals surface area contributed by atoms with Crippen LogP contribution in [-0.4, -0.2) is 68.3 Å². The molecule has 8 nitrogen and oxygen atoms in total. The zero-order valence-electron chi connectivity index (χ0n) is 22.5. The van der Waals surface area contributed by atoms with Gasteiger partial charge in [0.1, 0.15) is 5.58 Å². The van der Waals surface area contributed by atoms with Crippen molar-refractivity contribution in [2.75, 3.05) is 52.6 Å². The summed E-state index contributed by atoms with van der Waals surface area (Å²) >= 11 is 6.22. The zero-order valence-corrected chi connectivity index (χ0v) is 23.3. The smallest absolute Gasteiger partial charge is 0.290 e. The van der Waals surface area contributed by atoms with Crippen molar-refractivity contribution in [3.8, 4) is 11.5 Å². The van der Waals surface area contributed by atoms with Crippen molar-refractivity contribution in [2.24, 2.45) is 0 Å². The number of fused-ring (bicyclic) bond motifs is 2. The number of benzene rings is 2. The number of rotatable bonds is 11. The van der Waals surface area contributed by atoms with Gasteiger partial charge in [-0.2, -0.15) is 0 Å². The number of ether oxygens (including phenoxy) is 3. The van der Waals surface area contributed by atoms with Crippen LogP contribution in [0, 0.1) is 0 Å². The highest BCUT2D eigenvalue weighted by Gasteiger charge is 2.43. The summed E-state index contributed by atoms with van der Waals surface area (Å²) in [4.78, 5) is 31.6. The van der Waals surface area contributed by atoms with Crippen LogP contribution in [0.4, 0.5) is 0 Å². The molecule has 0 saturated carbocycles. The number of carbonyl (C=O) groups excluding carboxylic acids is 1. The van der Waals surface area contributed by atoms with Crippen LogP contribution in [0.5, 0.6) is 11.5 Å². The van der Waals surface area contributed by atoms with Gasteiger partial charge in [0.05, 0.1) is 43.4 Å². The molecule has 1 saturated heterocycles. The third-order valence-electron chi connectivity index (χ3n) is 7.28. The van der Waals surface area contributed by atoms with E-state index in [4.69, 9.17) is 30.2 Å². The van der Waals surface area contributed by atoms with Gasteiger partial charge in [0.2, 0.25) is 5.76 Å². The molecule has 2 aliphatic rings. The van der Waals surface area contributed by atoms with E-state index < -0.39 is 6.04 Å². The van der Waals surface area contributed by atoms with Gasteiger partial charge in [-0.1, -0.05) is 37.4 Å². The van der Waals surface area contributed by atoms with E-state index in [1.165, 1.54) is 0 Å². The van der Waals surface area contributed by atoms with Gasteiger partial charge in [-0.05, 0) is 49.2 Å². The highest BCUT2D eigenvalue weighted by Crippen LogP contribution is 2.41. The number of unbranched alkanes of at least 4 members (excludes halogenated alkanes) is 2. The Kier molecular flexibility index (Phi) is 8.75. The van der Waals surface area contributed by atoms with Gasteiger partial charge in [-0.3, -0.25) is 14.5 Å². The zero-order chi connectivity index (χ0) is 27.4. The number of carbonyl (C=O) groups is 1. The molecule has 9 heteroatoms. The van der Waals surface area contributed by atoms with E-state index in [2.05, 4.69) is 11.8 Å². The van der Waals surface area contributed by atoms with Crippen molar-refractivity contribution < 1.29 is 23.4 Å². The van der Waals surface area contributed by atoms with Gasteiger partial charge in [-0.25, -0.2) is 0 Å². The van der Waals surface area contributed by atoms with E-state index in [9.17, 15) is 9.59 Å². The average Bonchev–Trinajstić information content (AvgIpc) is 3.23. The second kappa shape index (κ2) is 12.4. The van der Waals surface area contributed by atoms with Crippen LogP contribution in [0.3, 0.4) is 0 Å². The van der Waals surface area contributed by atoms with Gasteiger partial charge in [0, 0.05) is 31.2 Å². The highest BCUT2D eigenvalue weighted by atomic mass is 35.5. The first-order chi connectivity index (χ1) is 19.0. The third-order valence-corrected chi connectivity index (χ3v) is 7.51.